The second-order valence-electron chi connectivity index (χ2n) is 8.49. The van der Waals surface area contributed by atoms with Crippen LogP contribution in [-0.2, 0) is 0 Å². The highest BCUT2D eigenvalue weighted by Gasteiger charge is 2.07. The van der Waals surface area contributed by atoms with Gasteiger partial charge in [0.15, 0.2) is 0 Å². The molecule has 0 saturated heterocycles. The Hall–Kier alpha value is -2.11. The summed E-state index contributed by atoms with van der Waals surface area (Å²) < 4.78 is 0. The van der Waals surface area contributed by atoms with Crippen LogP contribution in [0.2, 0.25) is 0 Å². The van der Waals surface area contributed by atoms with Gasteiger partial charge in [0.05, 0.1) is 4.92 Å². The lowest BCUT2D eigenvalue weighted by Gasteiger charge is -2.07. The lowest BCUT2D eigenvalue weighted by atomic mass is 10.0. The number of nitrogens with zero attached hydrogens (tertiary/aromatic N) is 1. The predicted octanol–water partition coefficient (Wildman–Crippen LogP) is 7.98. The molecule has 2 N–H and O–H groups in total. The van der Waals surface area contributed by atoms with E-state index in [0.717, 1.165) is 12.8 Å². The number of nitro benzene ring substituents is 1. The SMILES string of the molecule is CCCCCCCCCCCCCCCCCCNC(=O)Nc1cccc([N+](=O)[O-])c1. The minimum absolute atomic E-state index is 0.0318. The van der Waals surface area contributed by atoms with Crippen LogP contribution >= 0.6 is 0 Å². The van der Waals surface area contributed by atoms with Gasteiger partial charge in [-0.05, 0) is 12.5 Å². The van der Waals surface area contributed by atoms with Crippen molar-refractivity contribution in [3.63, 3.8) is 0 Å². The van der Waals surface area contributed by atoms with Gasteiger partial charge in [0.1, 0.15) is 0 Å². The normalized spacial score (nSPS) is 10.7. The zero-order valence-electron chi connectivity index (χ0n) is 19.5. The number of unbranched alkanes of at least 4 members (excludes halogenated alkanes) is 15. The molecule has 0 aliphatic heterocycles. The van der Waals surface area contributed by atoms with Gasteiger partial charge < -0.3 is 10.6 Å². The Bertz CT molecular complexity index is 607. The average molecular weight is 434 g/mol. The van der Waals surface area contributed by atoms with E-state index in [-0.39, 0.29) is 11.7 Å². The van der Waals surface area contributed by atoms with Gasteiger partial charge in [0, 0.05) is 24.4 Å². The zero-order chi connectivity index (χ0) is 22.6. The summed E-state index contributed by atoms with van der Waals surface area (Å²) in [5, 5.41) is 16.2. The van der Waals surface area contributed by atoms with Crippen molar-refractivity contribution in [2.24, 2.45) is 0 Å². The Morgan fingerprint density at radius 1 is 0.806 bits per heavy atom. The van der Waals surface area contributed by atoms with E-state index in [1.165, 1.54) is 102 Å². The molecular formula is C25H43N3O3. The molecule has 1 rings (SSSR count). The monoisotopic (exact) mass is 433 g/mol. The Labute approximate surface area is 188 Å². The van der Waals surface area contributed by atoms with E-state index in [0.29, 0.717) is 12.2 Å². The van der Waals surface area contributed by atoms with Crippen molar-refractivity contribution in [3.05, 3.63) is 34.4 Å². The molecule has 176 valence electrons. The second kappa shape index (κ2) is 18.6. The lowest BCUT2D eigenvalue weighted by molar-refractivity contribution is -0.384. The van der Waals surface area contributed by atoms with Crippen molar-refractivity contribution in [3.8, 4) is 0 Å². The van der Waals surface area contributed by atoms with E-state index in [9.17, 15) is 14.9 Å². The highest BCUT2D eigenvalue weighted by molar-refractivity contribution is 5.89. The zero-order valence-corrected chi connectivity index (χ0v) is 19.5. The van der Waals surface area contributed by atoms with Crippen molar-refractivity contribution in [1.29, 1.82) is 0 Å². The third-order valence-electron chi connectivity index (χ3n) is 5.63. The van der Waals surface area contributed by atoms with Crippen LogP contribution in [0.5, 0.6) is 0 Å². The molecule has 6 heteroatoms. The van der Waals surface area contributed by atoms with Crippen molar-refractivity contribution < 1.29 is 9.72 Å². The van der Waals surface area contributed by atoms with Gasteiger partial charge >= 0.3 is 6.03 Å². The topological polar surface area (TPSA) is 84.3 Å². The van der Waals surface area contributed by atoms with Crippen molar-refractivity contribution >= 4 is 17.4 Å². The number of urea groups is 1. The van der Waals surface area contributed by atoms with Crippen LogP contribution in [0.15, 0.2) is 24.3 Å². The third kappa shape index (κ3) is 15.4. The summed E-state index contributed by atoms with van der Waals surface area (Å²) >= 11 is 0. The Morgan fingerprint density at radius 3 is 1.77 bits per heavy atom. The standard InChI is InChI=1S/C25H43N3O3/c1-2-3-4-5-6-7-8-9-10-11-12-13-14-15-16-17-21-26-25(29)27-23-19-18-20-24(22-23)28(30)31/h18-20,22H,2-17,21H2,1H3,(H2,26,27,29). The number of hydrogen-bond acceptors (Lipinski definition) is 3. The number of nitro groups is 1. The molecule has 1 aromatic carbocycles. The maximum atomic E-state index is 11.9. The number of anilines is 1. The highest BCUT2D eigenvalue weighted by atomic mass is 16.6. The van der Waals surface area contributed by atoms with Gasteiger partial charge in [-0.2, -0.15) is 0 Å². The fourth-order valence-corrected chi connectivity index (χ4v) is 3.75. The van der Waals surface area contributed by atoms with Crippen molar-refractivity contribution in [2.75, 3.05) is 11.9 Å². The molecule has 0 radical (unpaired) electrons. The largest absolute Gasteiger partial charge is 0.338 e. The quantitative estimate of drug-likeness (QED) is 0.132. The van der Waals surface area contributed by atoms with Gasteiger partial charge in [0.2, 0.25) is 0 Å². The minimum atomic E-state index is -0.473. The first-order valence-electron chi connectivity index (χ1n) is 12.4. The minimum Gasteiger partial charge on any atom is -0.338 e. The molecule has 0 aliphatic rings. The number of carbonyl (C=O) groups is 1. The average Bonchev–Trinajstić information content (AvgIpc) is 2.76. The Morgan fingerprint density at radius 2 is 1.29 bits per heavy atom. The maximum absolute atomic E-state index is 11.9. The number of hydrogen-bond donors (Lipinski definition) is 2. The van der Waals surface area contributed by atoms with E-state index in [1.807, 2.05) is 0 Å². The smallest absolute Gasteiger partial charge is 0.319 e. The Kier molecular flexibility index (Phi) is 16.2. The van der Waals surface area contributed by atoms with Crippen molar-refractivity contribution in [2.45, 2.75) is 110 Å². The Balaban J connectivity index is 1.86. The van der Waals surface area contributed by atoms with Crippen LogP contribution < -0.4 is 10.6 Å². The summed E-state index contributed by atoms with van der Waals surface area (Å²) in [5.74, 6) is 0. The number of amides is 2. The molecule has 0 heterocycles. The molecule has 0 unspecified atom stereocenters. The fraction of sp³-hybridized carbons (Fsp3) is 0.720. The predicted molar refractivity (Wildman–Crippen MR) is 130 cm³/mol. The number of rotatable bonds is 19. The molecule has 0 spiro atoms. The molecule has 0 saturated carbocycles. The molecule has 2 amide bonds. The van der Waals surface area contributed by atoms with E-state index >= 15 is 0 Å². The molecule has 0 atom stereocenters. The van der Waals surface area contributed by atoms with E-state index in [4.69, 9.17) is 0 Å². The van der Waals surface area contributed by atoms with Crippen LogP contribution in [0.1, 0.15) is 110 Å². The van der Waals surface area contributed by atoms with Crippen LogP contribution in [0, 0.1) is 10.1 Å². The van der Waals surface area contributed by atoms with Gasteiger partial charge in [-0.15, -0.1) is 0 Å². The summed E-state index contributed by atoms with van der Waals surface area (Å²) in [6.07, 6.45) is 21.2. The van der Waals surface area contributed by atoms with Gasteiger partial charge in [-0.25, -0.2) is 4.79 Å². The van der Waals surface area contributed by atoms with E-state index < -0.39 is 4.92 Å². The number of non-ortho nitro benzene ring substituents is 1. The molecule has 6 nitrogen and oxygen atoms in total. The molecular weight excluding hydrogens is 390 g/mol. The summed E-state index contributed by atoms with van der Waals surface area (Å²) in [6, 6.07) is 5.64. The van der Waals surface area contributed by atoms with Gasteiger partial charge in [-0.1, -0.05) is 109 Å². The first kappa shape index (κ1) is 26.9. The summed E-state index contributed by atoms with van der Waals surface area (Å²) in [7, 11) is 0. The first-order valence-corrected chi connectivity index (χ1v) is 12.4. The van der Waals surface area contributed by atoms with E-state index in [1.54, 1.807) is 12.1 Å². The summed E-state index contributed by atoms with van der Waals surface area (Å²) in [6.45, 7) is 2.89. The first-order chi connectivity index (χ1) is 15.1. The summed E-state index contributed by atoms with van der Waals surface area (Å²) in [5.41, 5.74) is 0.397. The third-order valence-corrected chi connectivity index (χ3v) is 5.63. The molecule has 1 aromatic rings. The molecule has 0 fully saturated rings. The fourth-order valence-electron chi connectivity index (χ4n) is 3.75. The van der Waals surface area contributed by atoms with Gasteiger partial charge in [0.25, 0.3) is 5.69 Å². The molecule has 0 aliphatic carbocycles. The summed E-state index contributed by atoms with van der Waals surface area (Å²) in [4.78, 5) is 22.2. The van der Waals surface area contributed by atoms with Crippen molar-refractivity contribution in [1.82, 2.24) is 5.32 Å². The number of benzene rings is 1. The molecule has 31 heavy (non-hydrogen) atoms. The highest BCUT2D eigenvalue weighted by Crippen LogP contribution is 2.17. The maximum Gasteiger partial charge on any atom is 0.319 e. The number of nitrogens with one attached hydrogen (secondary N) is 2. The van der Waals surface area contributed by atoms with E-state index in [2.05, 4.69) is 17.6 Å². The second-order valence-corrected chi connectivity index (χ2v) is 8.49. The van der Waals surface area contributed by atoms with Crippen LogP contribution in [0.25, 0.3) is 0 Å². The molecule has 0 aromatic heterocycles. The van der Waals surface area contributed by atoms with Gasteiger partial charge in [-0.3, -0.25) is 10.1 Å². The number of carbonyl (C=O) groups excluding carboxylic acids is 1. The lowest BCUT2D eigenvalue weighted by Crippen LogP contribution is -2.29. The van der Waals surface area contributed by atoms with Crippen LogP contribution in [-0.4, -0.2) is 17.5 Å². The van der Waals surface area contributed by atoms with Crippen LogP contribution in [0.4, 0.5) is 16.2 Å². The molecule has 0 bridgehead atoms. The van der Waals surface area contributed by atoms with Crippen LogP contribution in [0.3, 0.4) is 0 Å².